The molecule has 2 atom stereocenters. The molecule has 0 amide bonds. The molecule has 0 saturated heterocycles. The van der Waals surface area contributed by atoms with Crippen molar-refractivity contribution >= 4 is 17.9 Å². The lowest BCUT2D eigenvalue weighted by Crippen LogP contribution is -2.44. The van der Waals surface area contributed by atoms with Gasteiger partial charge in [0.1, 0.15) is 13.2 Å². The van der Waals surface area contributed by atoms with E-state index in [-0.39, 0.29) is 32.2 Å². The van der Waals surface area contributed by atoms with Gasteiger partial charge < -0.3 is 33.3 Å². The minimum atomic E-state index is -1.62. The van der Waals surface area contributed by atoms with E-state index in [0.717, 1.165) is 57.8 Å². The third-order valence-corrected chi connectivity index (χ3v) is 13.8. The minimum Gasteiger partial charge on any atom is -0.545 e. The molecule has 0 aliphatic rings. The number of hydrogen-bond acceptors (Lipinski definition) is 8. The lowest BCUT2D eigenvalue weighted by molar-refractivity contribution is -0.870. The Morgan fingerprint density at radius 2 is 0.770 bits per heavy atom. The number of carbonyl (C=O) groups excluding carboxylic acids is 3. The van der Waals surface area contributed by atoms with Gasteiger partial charge in [-0.1, -0.05) is 274 Å². The van der Waals surface area contributed by atoms with E-state index < -0.39 is 24.3 Å². The third-order valence-electron chi connectivity index (χ3n) is 13.8. The average molecular weight is 1040 g/mol. The molecule has 0 bridgehead atoms. The van der Waals surface area contributed by atoms with Gasteiger partial charge in [-0.05, 0) is 51.4 Å². The van der Waals surface area contributed by atoms with Crippen LogP contribution in [0.5, 0.6) is 0 Å². The Morgan fingerprint density at radius 1 is 0.419 bits per heavy atom. The summed E-state index contributed by atoms with van der Waals surface area (Å²) < 4.78 is 22.8. The fourth-order valence-electron chi connectivity index (χ4n) is 9.06. The molecule has 0 rings (SSSR count). The van der Waals surface area contributed by atoms with Crippen LogP contribution in [0, 0.1) is 0 Å². The van der Waals surface area contributed by atoms with E-state index in [4.69, 9.17) is 18.9 Å². The van der Waals surface area contributed by atoms with Crippen LogP contribution >= 0.6 is 0 Å². The van der Waals surface area contributed by atoms with E-state index in [1.54, 1.807) is 0 Å². The highest BCUT2D eigenvalue weighted by atomic mass is 16.7. The molecule has 0 aliphatic heterocycles. The van der Waals surface area contributed by atoms with Crippen LogP contribution in [0.25, 0.3) is 0 Å². The van der Waals surface area contributed by atoms with Gasteiger partial charge >= 0.3 is 11.9 Å². The monoisotopic (exact) mass is 1040 g/mol. The SMILES string of the molecule is CC/C=C\C/C=C\C/C=C\C/C=C\CCCCCCCCCCCCCCCCCCC(=O)OC(COC(=O)CCCCCCCCCCCCCCCCCCCCCC)COC(OCC[N+](C)(C)C)C(=O)[O-]. The largest absolute Gasteiger partial charge is 0.545 e. The standard InChI is InChI=1S/C65H119NO8/c1-6-8-10-12-14-16-18-20-22-24-26-28-29-30-31-32-33-34-35-36-38-40-42-44-46-48-50-52-54-56-63(68)74-61(60-73-65(64(69)70)71-58-57-66(3,4)5)59-72-62(67)55-53-51-49-47-45-43-41-39-37-27-25-23-21-19-17-15-13-11-9-7-2/h8,10,14,16,20,22,26,28,61,65H,6-7,9,11-13,15,17-19,21,23-25,27,29-60H2,1-5H3/b10-8-,16-14-,22-20-,28-26-. The van der Waals surface area contributed by atoms with Crippen molar-refractivity contribution in [3.05, 3.63) is 48.6 Å². The van der Waals surface area contributed by atoms with Crippen molar-refractivity contribution in [3.63, 3.8) is 0 Å². The van der Waals surface area contributed by atoms with E-state index in [9.17, 15) is 19.5 Å². The van der Waals surface area contributed by atoms with Crippen molar-refractivity contribution in [1.29, 1.82) is 0 Å². The first kappa shape index (κ1) is 71.2. The second-order valence-corrected chi connectivity index (χ2v) is 22.3. The number of carboxylic acid groups (broad SMARTS) is 1. The molecule has 74 heavy (non-hydrogen) atoms. The number of unbranched alkanes of at least 4 members (excludes halogenated alkanes) is 35. The topological polar surface area (TPSA) is 111 Å². The van der Waals surface area contributed by atoms with Crippen molar-refractivity contribution in [2.75, 3.05) is 47.5 Å². The Bertz CT molecular complexity index is 1350. The van der Waals surface area contributed by atoms with E-state index in [1.165, 1.54) is 199 Å². The van der Waals surface area contributed by atoms with Gasteiger partial charge in [-0.2, -0.15) is 0 Å². The number of nitrogens with zero attached hydrogens (tertiary/aromatic N) is 1. The zero-order valence-corrected chi connectivity index (χ0v) is 49.2. The smallest absolute Gasteiger partial charge is 0.306 e. The average Bonchev–Trinajstić information content (AvgIpc) is 3.37. The van der Waals surface area contributed by atoms with Crippen LogP contribution in [0.2, 0.25) is 0 Å². The first-order chi connectivity index (χ1) is 36.1. The van der Waals surface area contributed by atoms with Crippen LogP contribution < -0.4 is 5.11 Å². The number of hydrogen-bond donors (Lipinski definition) is 0. The van der Waals surface area contributed by atoms with Crippen LogP contribution in [-0.4, -0.2) is 82.3 Å². The Balaban J connectivity index is 4.14. The van der Waals surface area contributed by atoms with Gasteiger partial charge in [0.15, 0.2) is 12.4 Å². The van der Waals surface area contributed by atoms with Crippen LogP contribution in [0.4, 0.5) is 0 Å². The van der Waals surface area contributed by atoms with E-state index >= 15 is 0 Å². The number of rotatable bonds is 58. The number of esters is 2. The summed E-state index contributed by atoms with van der Waals surface area (Å²) in [5.74, 6) is -2.26. The number of carboxylic acids is 1. The number of carbonyl (C=O) groups is 3. The maximum Gasteiger partial charge on any atom is 0.306 e. The lowest BCUT2D eigenvalue weighted by atomic mass is 10.0. The fourth-order valence-corrected chi connectivity index (χ4v) is 9.06. The Hall–Kier alpha value is -2.75. The van der Waals surface area contributed by atoms with Gasteiger partial charge in [0.05, 0.1) is 40.3 Å². The van der Waals surface area contributed by atoms with Gasteiger partial charge in [0.25, 0.3) is 0 Å². The molecule has 0 heterocycles. The first-order valence-electron chi connectivity index (χ1n) is 31.3. The second-order valence-electron chi connectivity index (χ2n) is 22.3. The van der Waals surface area contributed by atoms with Crippen molar-refractivity contribution < 1.29 is 42.9 Å². The maximum atomic E-state index is 12.9. The molecule has 2 unspecified atom stereocenters. The van der Waals surface area contributed by atoms with Crippen LogP contribution in [0.15, 0.2) is 48.6 Å². The summed E-state index contributed by atoms with van der Waals surface area (Å²) in [4.78, 5) is 37.4. The number of ether oxygens (including phenoxy) is 4. The molecule has 0 aromatic carbocycles. The molecule has 0 spiro atoms. The summed E-state index contributed by atoms with van der Waals surface area (Å²) in [7, 11) is 5.93. The molecule has 9 heteroatoms. The van der Waals surface area contributed by atoms with Crippen LogP contribution in [0.1, 0.15) is 290 Å². The second kappa shape index (κ2) is 56.5. The fraction of sp³-hybridized carbons (Fsp3) is 0.831. The molecule has 0 aromatic heterocycles. The van der Waals surface area contributed by atoms with Gasteiger partial charge in [-0.25, -0.2) is 0 Å². The molecule has 0 aliphatic carbocycles. The maximum absolute atomic E-state index is 12.9. The Morgan fingerprint density at radius 3 is 1.15 bits per heavy atom. The Kier molecular flexibility index (Phi) is 54.4. The van der Waals surface area contributed by atoms with Gasteiger partial charge in [0.2, 0.25) is 0 Å². The number of aliphatic carboxylic acids is 1. The minimum absolute atomic E-state index is 0.149. The van der Waals surface area contributed by atoms with Crippen molar-refractivity contribution in [2.45, 2.75) is 302 Å². The highest BCUT2D eigenvalue weighted by Gasteiger charge is 2.22. The summed E-state index contributed by atoms with van der Waals surface area (Å²) in [6, 6.07) is 0. The molecule has 0 saturated carbocycles. The number of likely N-dealkylation sites (N-methyl/N-ethyl adjacent to an activating group) is 1. The molecule has 0 N–H and O–H groups in total. The zero-order chi connectivity index (χ0) is 54.1. The normalized spacial score (nSPS) is 13.0. The predicted molar refractivity (Wildman–Crippen MR) is 311 cm³/mol. The summed E-state index contributed by atoms with van der Waals surface area (Å²) in [5.41, 5.74) is 0. The quantitative estimate of drug-likeness (QED) is 0.0195. The van der Waals surface area contributed by atoms with Crippen molar-refractivity contribution in [3.8, 4) is 0 Å². The zero-order valence-electron chi connectivity index (χ0n) is 49.2. The van der Waals surface area contributed by atoms with Gasteiger partial charge in [-0.3, -0.25) is 9.59 Å². The molecule has 0 radical (unpaired) electrons. The number of allylic oxidation sites excluding steroid dienone is 8. The molecule has 9 nitrogen and oxygen atoms in total. The summed E-state index contributed by atoms with van der Waals surface area (Å²) in [6.45, 7) is 4.69. The highest BCUT2D eigenvalue weighted by Crippen LogP contribution is 2.18. The molecule has 0 aromatic rings. The van der Waals surface area contributed by atoms with Crippen LogP contribution in [-0.2, 0) is 33.3 Å². The van der Waals surface area contributed by atoms with E-state index in [0.29, 0.717) is 23.9 Å². The lowest BCUT2D eigenvalue weighted by Gasteiger charge is -2.26. The summed E-state index contributed by atoms with van der Waals surface area (Å²) in [5, 5.41) is 11.8. The van der Waals surface area contributed by atoms with E-state index in [2.05, 4.69) is 62.5 Å². The van der Waals surface area contributed by atoms with Crippen molar-refractivity contribution in [1.82, 2.24) is 0 Å². The van der Waals surface area contributed by atoms with E-state index in [1.807, 2.05) is 21.1 Å². The first-order valence-corrected chi connectivity index (χ1v) is 31.3. The molecular weight excluding hydrogens is 923 g/mol. The highest BCUT2D eigenvalue weighted by molar-refractivity contribution is 5.70. The van der Waals surface area contributed by atoms with Crippen LogP contribution in [0.3, 0.4) is 0 Å². The van der Waals surface area contributed by atoms with Gasteiger partial charge in [-0.15, -0.1) is 0 Å². The number of quaternary nitrogens is 1. The Labute approximate surface area is 457 Å². The molecule has 432 valence electrons. The van der Waals surface area contributed by atoms with Crippen molar-refractivity contribution in [2.24, 2.45) is 0 Å². The summed E-state index contributed by atoms with van der Waals surface area (Å²) >= 11 is 0. The third kappa shape index (κ3) is 57.0. The molecule has 0 fully saturated rings. The molecular formula is C65H119NO8. The predicted octanol–water partition coefficient (Wildman–Crippen LogP) is 17.3. The van der Waals surface area contributed by atoms with Gasteiger partial charge in [0, 0.05) is 12.8 Å². The summed E-state index contributed by atoms with van der Waals surface area (Å²) in [6.07, 6.45) is 67.4.